The molecule has 1 aromatic heterocycles. The van der Waals surface area contributed by atoms with E-state index in [0.29, 0.717) is 11.3 Å². The van der Waals surface area contributed by atoms with E-state index < -0.39 is 28.3 Å². The van der Waals surface area contributed by atoms with Gasteiger partial charge in [-0.15, -0.1) is 0 Å². The van der Waals surface area contributed by atoms with Gasteiger partial charge < -0.3 is 14.0 Å². The van der Waals surface area contributed by atoms with Gasteiger partial charge in [-0.1, -0.05) is 0 Å². The van der Waals surface area contributed by atoms with Crippen LogP contribution in [-0.2, 0) is 19.3 Å². The lowest BCUT2D eigenvalue weighted by molar-refractivity contribution is 0.00578. The van der Waals surface area contributed by atoms with Gasteiger partial charge in [-0.05, 0) is 46.6 Å². The van der Waals surface area contributed by atoms with Gasteiger partial charge in [0.15, 0.2) is 0 Å². The Kier molecular flexibility index (Phi) is 4.09. The lowest BCUT2D eigenvalue weighted by atomic mass is 9.84. The maximum atomic E-state index is 11.5. The predicted molar refractivity (Wildman–Crippen MR) is 92.1 cm³/mol. The van der Waals surface area contributed by atoms with E-state index >= 15 is 0 Å². The summed E-state index contributed by atoms with van der Waals surface area (Å²) in [7, 11) is -4.12. The van der Waals surface area contributed by atoms with Crippen LogP contribution in [0.25, 0.3) is 0 Å². The molecule has 2 aliphatic rings. The maximum Gasteiger partial charge on any atom is 0.514 e. The van der Waals surface area contributed by atoms with Crippen molar-refractivity contribution < 1.29 is 22.5 Å². The van der Waals surface area contributed by atoms with Gasteiger partial charge in [0.25, 0.3) is 0 Å². The summed E-state index contributed by atoms with van der Waals surface area (Å²) in [6.45, 7) is 7.81. The monoisotopic (exact) mass is 354 g/mol. The number of aromatic nitrogens is 1. The minimum atomic E-state index is -3.44. The fourth-order valence-corrected chi connectivity index (χ4v) is 2.78. The molecule has 1 aliphatic heterocycles. The largest absolute Gasteiger partial charge is 0.514 e. The molecule has 0 radical (unpaired) electrons. The highest BCUT2D eigenvalue weighted by atomic mass is 32.2. The molecule has 0 atom stereocenters. The standard InChI is InChI=1S/C15H23BN2O5S/c1-14(2)15(3,4)23-16(22-14)12-8-11(21-10-6-7-10)9-13(17-12)18-24(5,19)20/h8-10H,6-7H2,1-5H3,(H,17,18). The van der Waals surface area contributed by atoms with Gasteiger partial charge in [-0.2, -0.15) is 0 Å². The Hall–Kier alpha value is -1.32. The van der Waals surface area contributed by atoms with Gasteiger partial charge in [-0.3, -0.25) is 4.72 Å². The number of pyridine rings is 1. The average Bonchev–Trinajstić information content (AvgIpc) is 3.14. The normalized spacial score (nSPS) is 22.5. The molecule has 0 spiro atoms. The number of sulfonamides is 1. The van der Waals surface area contributed by atoms with Crippen LogP contribution in [0.2, 0.25) is 0 Å². The summed E-state index contributed by atoms with van der Waals surface area (Å²) in [6, 6.07) is 3.32. The third kappa shape index (κ3) is 3.84. The summed E-state index contributed by atoms with van der Waals surface area (Å²) < 4.78 is 43.2. The Morgan fingerprint density at radius 1 is 1.21 bits per heavy atom. The zero-order valence-electron chi connectivity index (χ0n) is 14.6. The van der Waals surface area contributed by atoms with E-state index in [1.807, 2.05) is 27.7 Å². The van der Waals surface area contributed by atoms with Gasteiger partial charge in [0.05, 0.1) is 29.2 Å². The molecule has 0 bridgehead atoms. The Bertz CT molecular complexity index is 730. The maximum absolute atomic E-state index is 11.5. The van der Waals surface area contributed by atoms with Crippen molar-refractivity contribution in [3.63, 3.8) is 0 Å². The molecule has 24 heavy (non-hydrogen) atoms. The van der Waals surface area contributed by atoms with Crippen molar-refractivity contribution in [2.24, 2.45) is 0 Å². The molecule has 1 N–H and O–H groups in total. The van der Waals surface area contributed by atoms with Crippen LogP contribution in [0.15, 0.2) is 12.1 Å². The second kappa shape index (κ2) is 5.61. The highest BCUT2D eigenvalue weighted by Gasteiger charge is 2.52. The zero-order valence-corrected chi connectivity index (χ0v) is 15.4. The molecule has 1 aromatic rings. The molecule has 1 saturated heterocycles. The van der Waals surface area contributed by atoms with Crippen LogP contribution in [0, 0.1) is 0 Å². The number of anilines is 1. The molecule has 9 heteroatoms. The van der Waals surface area contributed by atoms with Crippen LogP contribution < -0.4 is 15.1 Å². The number of nitrogens with zero attached hydrogens (tertiary/aromatic N) is 1. The van der Waals surface area contributed by atoms with E-state index in [4.69, 9.17) is 14.0 Å². The van der Waals surface area contributed by atoms with Gasteiger partial charge in [0.2, 0.25) is 10.0 Å². The van der Waals surface area contributed by atoms with Gasteiger partial charge >= 0.3 is 7.12 Å². The van der Waals surface area contributed by atoms with E-state index in [1.54, 1.807) is 12.1 Å². The molecule has 0 unspecified atom stereocenters. The Morgan fingerprint density at radius 2 is 1.79 bits per heavy atom. The van der Waals surface area contributed by atoms with Crippen LogP contribution in [-0.4, -0.2) is 44.1 Å². The zero-order chi connectivity index (χ0) is 17.8. The van der Waals surface area contributed by atoms with Crippen molar-refractivity contribution in [1.82, 2.24) is 4.98 Å². The van der Waals surface area contributed by atoms with Crippen LogP contribution in [0.3, 0.4) is 0 Å². The van der Waals surface area contributed by atoms with Crippen molar-refractivity contribution in [2.75, 3.05) is 11.0 Å². The van der Waals surface area contributed by atoms with Crippen LogP contribution in [0.4, 0.5) is 5.82 Å². The first-order chi connectivity index (χ1) is 11.0. The molecule has 0 aromatic carbocycles. The van der Waals surface area contributed by atoms with E-state index in [0.717, 1.165) is 19.1 Å². The second-order valence-electron chi connectivity index (χ2n) is 7.39. The Labute approximate surface area is 143 Å². The second-order valence-corrected chi connectivity index (χ2v) is 9.14. The minimum absolute atomic E-state index is 0.185. The van der Waals surface area contributed by atoms with E-state index in [1.165, 1.54) is 0 Å². The minimum Gasteiger partial charge on any atom is -0.490 e. The number of rotatable bonds is 5. The molecule has 0 amide bonds. The molecular formula is C15H23BN2O5S. The SMILES string of the molecule is CC1(C)OB(c2cc(OC3CC3)cc(NS(C)(=O)=O)n2)OC1(C)C. The molecule has 7 nitrogen and oxygen atoms in total. The molecule has 1 aliphatic carbocycles. The number of hydrogen-bond donors (Lipinski definition) is 1. The van der Waals surface area contributed by atoms with Crippen LogP contribution >= 0.6 is 0 Å². The van der Waals surface area contributed by atoms with Crippen molar-refractivity contribution in [3.05, 3.63) is 12.1 Å². The van der Waals surface area contributed by atoms with Gasteiger partial charge in [-0.25, -0.2) is 13.4 Å². The van der Waals surface area contributed by atoms with Crippen molar-refractivity contribution in [2.45, 2.75) is 57.8 Å². The molecule has 1 saturated carbocycles. The molecule has 2 heterocycles. The lowest BCUT2D eigenvalue weighted by Crippen LogP contribution is -2.41. The Morgan fingerprint density at radius 3 is 2.29 bits per heavy atom. The summed E-state index contributed by atoms with van der Waals surface area (Å²) >= 11 is 0. The quantitative estimate of drug-likeness (QED) is 0.802. The first-order valence-electron chi connectivity index (χ1n) is 7.97. The van der Waals surface area contributed by atoms with Crippen molar-refractivity contribution in [3.8, 4) is 5.75 Å². The number of nitrogens with one attached hydrogen (secondary N) is 1. The fourth-order valence-electron chi connectivity index (χ4n) is 2.30. The van der Waals surface area contributed by atoms with Gasteiger partial charge in [0.1, 0.15) is 11.6 Å². The Balaban J connectivity index is 1.92. The van der Waals surface area contributed by atoms with Gasteiger partial charge in [0, 0.05) is 6.07 Å². The van der Waals surface area contributed by atoms with Crippen molar-refractivity contribution >= 4 is 28.6 Å². The summed E-state index contributed by atoms with van der Waals surface area (Å²) in [5.74, 6) is 0.753. The predicted octanol–water partition coefficient (Wildman–Crippen LogP) is 1.29. The topological polar surface area (TPSA) is 86.8 Å². The molecule has 132 valence electrons. The summed E-state index contributed by atoms with van der Waals surface area (Å²) in [4.78, 5) is 4.34. The first kappa shape index (κ1) is 17.5. The molecule has 3 rings (SSSR count). The summed E-state index contributed by atoms with van der Waals surface area (Å²) in [5.41, 5.74) is -0.521. The van der Waals surface area contributed by atoms with Crippen LogP contribution in [0.1, 0.15) is 40.5 Å². The smallest absolute Gasteiger partial charge is 0.490 e. The highest BCUT2D eigenvalue weighted by Crippen LogP contribution is 2.37. The summed E-state index contributed by atoms with van der Waals surface area (Å²) in [6.07, 6.45) is 3.27. The fraction of sp³-hybridized carbons (Fsp3) is 0.667. The molecule has 2 fully saturated rings. The third-order valence-electron chi connectivity index (χ3n) is 4.43. The van der Waals surface area contributed by atoms with E-state index in [2.05, 4.69) is 9.71 Å². The van der Waals surface area contributed by atoms with E-state index in [-0.39, 0.29) is 11.9 Å². The van der Waals surface area contributed by atoms with E-state index in [9.17, 15) is 8.42 Å². The first-order valence-corrected chi connectivity index (χ1v) is 9.86. The summed E-state index contributed by atoms with van der Waals surface area (Å²) in [5, 5.41) is 0. The lowest BCUT2D eigenvalue weighted by Gasteiger charge is -2.32. The van der Waals surface area contributed by atoms with Crippen LogP contribution in [0.5, 0.6) is 5.75 Å². The number of hydrogen-bond acceptors (Lipinski definition) is 6. The average molecular weight is 354 g/mol. The molecular weight excluding hydrogens is 331 g/mol. The third-order valence-corrected chi connectivity index (χ3v) is 5.01. The number of ether oxygens (including phenoxy) is 1. The highest BCUT2D eigenvalue weighted by molar-refractivity contribution is 7.92. The van der Waals surface area contributed by atoms with Crippen molar-refractivity contribution in [1.29, 1.82) is 0 Å².